The highest BCUT2D eigenvalue weighted by Crippen LogP contribution is 2.22. The molecule has 76 valence electrons. The molecule has 0 bridgehead atoms. The van der Waals surface area contributed by atoms with Crippen molar-refractivity contribution in [1.29, 1.82) is 0 Å². The molecule has 0 radical (unpaired) electrons. The molecular formula is C12H9ClO2. The molecule has 0 aromatic heterocycles. The Morgan fingerprint density at radius 3 is 2.80 bits per heavy atom. The molecule has 0 aliphatic carbocycles. The minimum absolute atomic E-state index is 0.0406. The Morgan fingerprint density at radius 2 is 2.07 bits per heavy atom. The lowest BCUT2D eigenvalue weighted by Crippen LogP contribution is -2.00. The molecule has 0 spiro atoms. The summed E-state index contributed by atoms with van der Waals surface area (Å²) in [7, 11) is 0. The summed E-state index contributed by atoms with van der Waals surface area (Å²) in [4.78, 5) is 10.7. The SMILES string of the molecule is O=C(O)Cc1cccc2cc(Cl)ccc12. The van der Waals surface area contributed by atoms with Gasteiger partial charge in [0.1, 0.15) is 0 Å². The average Bonchev–Trinajstić information content (AvgIpc) is 2.16. The molecule has 2 aromatic carbocycles. The summed E-state index contributed by atoms with van der Waals surface area (Å²) in [5, 5.41) is 11.3. The van der Waals surface area contributed by atoms with Crippen molar-refractivity contribution in [3.05, 3.63) is 47.0 Å². The highest BCUT2D eigenvalue weighted by Gasteiger charge is 2.05. The van der Waals surface area contributed by atoms with Gasteiger partial charge in [0, 0.05) is 5.02 Å². The van der Waals surface area contributed by atoms with E-state index in [2.05, 4.69) is 0 Å². The van der Waals surface area contributed by atoms with Crippen LogP contribution in [0.3, 0.4) is 0 Å². The second-order valence-corrected chi connectivity index (χ2v) is 3.79. The lowest BCUT2D eigenvalue weighted by molar-refractivity contribution is -0.136. The number of rotatable bonds is 2. The molecule has 0 amide bonds. The van der Waals surface area contributed by atoms with Gasteiger partial charge in [-0.2, -0.15) is 0 Å². The third-order valence-electron chi connectivity index (χ3n) is 2.27. The first kappa shape index (κ1) is 9.99. The first-order valence-corrected chi connectivity index (χ1v) is 4.93. The van der Waals surface area contributed by atoms with Gasteiger partial charge in [-0.05, 0) is 28.5 Å². The smallest absolute Gasteiger partial charge is 0.307 e. The fraction of sp³-hybridized carbons (Fsp3) is 0.0833. The van der Waals surface area contributed by atoms with Crippen molar-refractivity contribution in [2.24, 2.45) is 0 Å². The average molecular weight is 221 g/mol. The van der Waals surface area contributed by atoms with E-state index in [1.807, 2.05) is 30.3 Å². The normalized spacial score (nSPS) is 10.5. The summed E-state index contributed by atoms with van der Waals surface area (Å²) >= 11 is 5.86. The second kappa shape index (κ2) is 3.91. The van der Waals surface area contributed by atoms with E-state index < -0.39 is 5.97 Å². The van der Waals surface area contributed by atoms with Crippen molar-refractivity contribution in [2.45, 2.75) is 6.42 Å². The van der Waals surface area contributed by atoms with Gasteiger partial charge < -0.3 is 5.11 Å². The zero-order valence-electron chi connectivity index (χ0n) is 7.90. The lowest BCUT2D eigenvalue weighted by atomic mass is 10.0. The predicted octanol–water partition coefficient (Wildman–Crippen LogP) is 3.12. The van der Waals surface area contributed by atoms with Crippen LogP contribution < -0.4 is 0 Å². The second-order valence-electron chi connectivity index (χ2n) is 3.35. The fourth-order valence-electron chi connectivity index (χ4n) is 1.64. The molecule has 1 N–H and O–H groups in total. The van der Waals surface area contributed by atoms with Gasteiger partial charge in [-0.15, -0.1) is 0 Å². The van der Waals surface area contributed by atoms with Crippen LogP contribution in [-0.2, 0) is 11.2 Å². The molecule has 0 saturated heterocycles. The van der Waals surface area contributed by atoms with Crippen LogP contribution >= 0.6 is 11.6 Å². The molecule has 0 aliphatic heterocycles. The summed E-state index contributed by atoms with van der Waals surface area (Å²) in [6, 6.07) is 11.1. The Labute approximate surface area is 92.1 Å². The van der Waals surface area contributed by atoms with E-state index in [-0.39, 0.29) is 6.42 Å². The number of fused-ring (bicyclic) bond motifs is 1. The fourth-order valence-corrected chi connectivity index (χ4v) is 1.82. The molecule has 0 unspecified atom stereocenters. The Kier molecular flexibility index (Phi) is 2.60. The Bertz CT molecular complexity index is 520. The predicted molar refractivity (Wildman–Crippen MR) is 60.3 cm³/mol. The zero-order valence-corrected chi connectivity index (χ0v) is 8.66. The van der Waals surface area contributed by atoms with E-state index >= 15 is 0 Å². The minimum Gasteiger partial charge on any atom is -0.481 e. The Hall–Kier alpha value is -1.54. The van der Waals surface area contributed by atoms with Gasteiger partial charge in [-0.1, -0.05) is 35.9 Å². The van der Waals surface area contributed by atoms with Crippen LogP contribution in [-0.4, -0.2) is 11.1 Å². The summed E-state index contributed by atoms with van der Waals surface area (Å²) < 4.78 is 0. The van der Waals surface area contributed by atoms with Crippen LogP contribution in [0.2, 0.25) is 5.02 Å². The van der Waals surface area contributed by atoms with Crippen LogP contribution in [0.5, 0.6) is 0 Å². The van der Waals surface area contributed by atoms with Gasteiger partial charge in [0.15, 0.2) is 0 Å². The maximum atomic E-state index is 10.7. The monoisotopic (exact) mass is 220 g/mol. The van der Waals surface area contributed by atoms with Crippen molar-refractivity contribution >= 4 is 28.3 Å². The summed E-state index contributed by atoms with van der Waals surface area (Å²) in [6.45, 7) is 0. The maximum Gasteiger partial charge on any atom is 0.307 e. The molecule has 0 atom stereocenters. The zero-order chi connectivity index (χ0) is 10.8. The molecule has 2 rings (SSSR count). The van der Waals surface area contributed by atoms with E-state index in [4.69, 9.17) is 16.7 Å². The van der Waals surface area contributed by atoms with Crippen LogP contribution in [0.1, 0.15) is 5.56 Å². The first-order chi connectivity index (χ1) is 7.16. The van der Waals surface area contributed by atoms with Crippen molar-refractivity contribution < 1.29 is 9.90 Å². The Balaban J connectivity index is 2.60. The molecule has 0 fully saturated rings. The minimum atomic E-state index is -0.822. The molecule has 0 saturated carbocycles. The van der Waals surface area contributed by atoms with Gasteiger partial charge in [-0.3, -0.25) is 4.79 Å². The molecular weight excluding hydrogens is 212 g/mol. The van der Waals surface area contributed by atoms with Crippen molar-refractivity contribution in [3.8, 4) is 0 Å². The molecule has 3 heteroatoms. The molecule has 0 aliphatic rings. The summed E-state index contributed by atoms with van der Waals surface area (Å²) in [5.41, 5.74) is 0.816. The van der Waals surface area contributed by atoms with Crippen LogP contribution in [0.15, 0.2) is 36.4 Å². The van der Waals surface area contributed by atoms with E-state index in [1.54, 1.807) is 6.07 Å². The Morgan fingerprint density at radius 1 is 1.27 bits per heavy atom. The highest BCUT2D eigenvalue weighted by atomic mass is 35.5. The van der Waals surface area contributed by atoms with Gasteiger partial charge in [-0.25, -0.2) is 0 Å². The third kappa shape index (κ3) is 2.10. The number of carbonyl (C=O) groups is 1. The molecule has 2 aromatic rings. The van der Waals surface area contributed by atoms with Gasteiger partial charge in [0.2, 0.25) is 0 Å². The van der Waals surface area contributed by atoms with Gasteiger partial charge >= 0.3 is 5.97 Å². The van der Waals surface area contributed by atoms with E-state index in [0.29, 0.717) is 5.02 Å². The van der Waals surface area contributed by atoms with Crippen LogP contribution in [0.4, 0.5) is 0 Å². The molecule has 2 nitrogen and oxygen atoms in total. The van der Waals surface area contributed by atoms with Crippen molar-refractivity contribution in [3.63, 3.8) is 0 Å². The van der Waals surface area contributed by atoms with Crippen molar-refractivity contribution in [2.75, 3.05) is 0 Å². The third-order valence-corrected chi connectivity index (χ3v) is 2.51. The first-order valence-electron chi connectivity index (χ1n) is 4.56. The van der Waals surface area contributed by atoms with Gasteiger partial charge in [0.25, 0.3) is 0 Å². The number of hydrogen-bond acceptors (Lipinski definition) is 1. The topological polar surface area (TPSA) is 37.3 Å². The highest BCUT2D eigenvalue weighted by molar-refractivity contribution is 6.31. The number of benzene rings is 2. The molecule has 0 heterocycles. The number of carboxylic acids is 1. The summed E-state index contributed by atoms with van der Waals surface area (Å²) in [5.74, 6) is -0.822. The quantitative estimate of drug-likeness (QED) is 0.844. The number of hydrogen-bond donors (Lipinski definition) is 1. The standard InChI is InChI=1S/C12H9ClO2/c13-10-4-5-11-8(6-10)2-1-3-9(11)7-12(14)15/h1-6H,7H2,(H,14,15). The number of carboxylic acid groups (broad SMARTS) is 1. The number of aliphatic carboxylic acids is 1. The maximum absolute atomic E-state index is 10.7. The van der Waals surface area contributed by atoms with E-state index in [0.717, 1.165) is 16.3 Å². The van der Waals surface area contributed by atoms with Crippen LogP contribution in [0, 0.1) is 0 Å². The van der Waals surface area contributed by atoms with Crippen LogP contribution in [0.25, 0.3) is 10.8 Å². The summed E-state index contributed by atoms with van der Waals surface area (Å²) in [6.07, 6.45) is 0.0406. The van der Waals surface area contributed by atoms with Crippen molar-refractivity contribution in [1.82, 2.24) is 0 Å². The molecule has 15 heavy (non-hydrogen) atoms. The largest absolute Gasteiger partial charge is 0.481 e. The van der Waals surface area contributed by atoms with Gasteiger partial charge in [0.05, 0.1) is 6.42 Å². The lowest BCUT2D eigenvalue weighted by Gasteiger charge is -2.04. The van der Waals surface area contributed by atoms with E-state index in [1.165, 1.54) is 0 Å². The van der Waals surface area contributed by atoms with E-state index in [9.17, 15) is 4.79 Å². The number of halogens is 1.